The zero-order valence-electron chi connectivity index (χ0n) is 49.0. The molecule has 6 N–H and O–H groups in total. The van der Waals surface area contributed by atoms with E-state index in [9.17, 15) is 30.3 Å². The van der Waals surface area contributed by atoms with Crippen LogP contribution >= 0.6 is 0 Å². The zero-order valence-corrected chi connectivity index (χ0v) is 49.0. The molecule has 1 rings (SSSR count). The molecule has 0 spiro atoms. The van der Waals surface area contributed by atoms with Gasteiger partial charge < -0.3 is 40.3 Å². The predicted molar refractivity (Wildman–Crippen MR) is 322 cm³/mol. The lowest BCUT2D eigenvalue weighted by atomic mass is 9.99. The summed E-state index contributed by atoms with van der Waals surface area (Å²) in [7, 11) is 0. The van der Waals surface area contributed by atoms with Crippen LogP contribution in [0.4, 0.5) is 0 Å². The largest absolute Gasteiger partial charge is 0.394 e. The number of aliphatic hydroxyl groups is 5. The molecule has 0 bridgehead atoms. The number of hydrogen-bond acceptors (Lipinski definition) is 8. The first-order valence-electron chi connectivity index (χ1n) is 31.8. The van der Waals surface area contributed by atoms with E-state index >= 15 is 0 Å². The lowest BCUT2D eigenvalue weighted by molar-refractivity contribution is -0.302. The minimum absolute atomic E-state index is 0.194. The van der Waals surface area contributed by atoms with E-state index in [0.29, 0.717) is 6.42 Å². The van der Waals surface area contributed by atoms with Crippen molar-refractivity contribution in [3.8, 4) is 0 Å². The van der Waals surface area contributed by atoms with Crippen LogP contribution in [0.5, 0.6) is 0 Å². The van der Waals surface area contributed by atoms with Gasteiger partial charge in [0.15, 0.2) is 6.29 Å². The zero-order chi connectivity index (χ0) is 55.0. The Morgan fingerprint density at radius 1 is 0.461 bits per heavy atom. The van der Waals surface area contributed by atoms with E-state index in [1.54, 1.807) is 6.08 Å². The van der Waals surface area contributed by atoms with Crippen molar-refractivity contribution in [2.75, 3.05) is 13.2 Å². The normalized spacial score (nSPS) is 19.4. The third-order valence-electron chi connectivity index (χ3n) is 14.7. The smallest absolute Gasteiger partial charge is 0.220 e. The fourth-order valence-corrected chi connectivity index (χ4v) is 9.73. The van der Waals surface area contributed by atoms with Crippen molar-refractivity contribution in [3.05, 3.63) is 85.1 Å². The van der Waals surface area contributed by atoms with Gasteiger partial charge in [-0.15, -0.1) is 0 Å². The predicted octanol–water partition coefficient (Wildman–Crippen LogP) is 16.6. The highest BCUT2D eigenvalue weighted by atomic mass is 16.7. The van der Waals surface area contributed by atoms with Gasteiger partial charge in [0.1, 0.15) is 24.4 Å². The molecule has 1 saturated heterocycles. The quantitative estimate of drug-likeness (QED) is 0.0261. The third kappa shape index (κ3) is 44.2. The molecule has 9 nitrogen and oxygen atoms in total. The highest BCUT2D eigenvalue weighted by Gasteiger charge is 2.44. The molecule has 1 aliphatic heterocycles. The Balaban J connectivity index is 2.22. The summed E-state index contributed by atoms with van der Waals surface area (Å²) in [5.74, 6) is -0.194. The van der Waals surface area contributed by atoms with Gasteiger partial charge in [0.25, 0.3) is 0 Å². The maximum atomic E-state index is 13.1. The maximum Gasteiger partial charge on any atom is 0.220 e. The van der Waals surface area contributed by atoms with Crippen LogP contribution in [-0.2, 0) is 14.3 Å². The Morgan fingerprint density at radius 3 is 1.26 bits per heavy atom. The fourth-order valence-electron chi connectivity index (χ4n) is 9.73. The summed E-state index contributed by atoms with van der Waals surface area (Å²) in [6.07, 6.45) is 72.4. The van der Waals surface area contributed by atoms with Crippen molar-refractivity contribution in [2.45, 2.75) is 320 Å². The first kappa shape index (κ1) is 71.4. The number of nitrogens with one attached hydrogen (secondary N) is 1. The van der Waals surface area contributed by atoms with Crippen molar-refractivity contribution in [2.24, 2.45) is 0 Å². The highest BCUT2D eigenvalue weighted by molar-refractivity contribution is 5.76. The molecule has 1 heterocycles. The second kappa shape index (κ2) is 55.7. The van der Waals surface area contributed by atoms with Crippen LogP contribution in [0.3, 0.4) is 0 Å². The standard InChI is InChI=1S/C67H119NO8/c1-3-5-7-9-11-13-15-17-19-21-23-25-27-29-30-31-33-34-36-38-40-42-44-46-48-50-52-54-56-61(70)60(59-75-67-66(74)65(73)64(72)62(58-69)76-67)68-63(71)57-55-53-51-49-47-45-43-41-39-37-35-32-28-26-24-22-20-18-16-14-12-10-8-6-4-2/h6,8,12,14,18,20,24,26,32,35,46,48,54,56,60-62,64-67,69-70,72-74H,3-5,7,9-11,13,15-17,19,21-23,25,27-31,33-34,36-45,47,49-53,55,57-59H2,1-2H3,(H,68,71)/b8-6-,14-12-,20-18-,26-24-,35-32-,48-46+,56-54+. The van der Waals surface area contributed by atoms with Gasteiger partial charge in [0.05, 0.1) is 25.4 Å². The molecule has 9 heteroatoms. The highest BCUT2D eigenvalue weighted by Crippen LogP contribution is 2.23. The van der Waals surface area contributed by atoms with E-state index < -0.39 is 49.5 Å². The SMILES string of the molecule is CC/C=C\C/C=C\C/C=C\C/C=C\C/C=C\CCCCCCCCCCCC(=O)NC(COC1OC(CO)C(O)C(O)C1O)C(O)/C=C/CC/C=C/CCCCCCCCCCCCCCCCCCCCCCCC. The number of hydrogen-bond donors (Lipinski definition) is 6. The van der Waals surface area contributed by atoms with Crippen LogP contribution in [0.25, 0.3) is 0 Å². The average Bonchev–Trinajstić information content (AvgIpc) is 3.42. The molecule has 0 aliphatic carbocycles. The summed E-state index contributed by atoms with van der Waals surface area (Å²) in [4.78, 5) is 13.1. The van der Waals surface area contributed by atoms with Crippen molar-refractivity contribution in [1.82, 2.24) is 5.32 Å². The van der Waals surface area contributed by atoms with Gasteiger partial charge in [0.2, 0.25) is 5.91 Å². The number of aliphatic hydroxyl groups excluding tert-OH is 5. The van der Waals surface area contributed by atoms with Gasteiger partial charge in [-0.3, -0.25) is 4.79 Å². The maximum absolute atomic E-state index is 13.1. The molecule has 0 saturated carbocycles. The first-order valence-corrected chi connectivity index (χ1v) is 31.8. The van der Waals surface area contributed by atoms with Crippen LogP contribution in [0.2, 0.25) is 0 Å². The summed E-state index contributed by atoms with van der Waals surface area (Å²) in [6, 6.07) is -0.832. The summed E-state index contributed by atoms with van der Waals surface area (Å²) >= 11 is 0. The minimum atomic E-state index is -1.58. The van der Waals surface area contributed by atoms with Gasteiger partial charge in [-0.1, -0.05) is 279 Å². The number of rotatable bonds is 54. The number of amides is 1. The second-order valence-corrected chi connectivity index (χ2v) is 21.8. The Hall–Kier alpha value is -2.63. The van der Waals surface area contributed by atoms with Crippen molar-refractivity contribution in [3.63, 3.8) is 0 Å². The molecule has 1 aliphatic rings. The summed E-state index contributed by atoms with van der Waals surface area (Å²) in [5, 5.41) is 54.6. The molecule has 0 aromatic heterocycles. The second-order valence-electron chi connectivity index (χ2n) is 21.8. The molecule has 0 aromatic rings. The van der Waals surface area contributed by atoms with Crippen LogP contribution in [-0.4, -0.2) is 87.5 Å². The Morgan fingerprint density at radius 2 is 0.829 bits per heavy atom. The van der Waals surface area contributed by atoms with Gasteiger partial charge in [-0.25, -0.2) is 0 Å². The lowest BCUT2D eigenvalue weighted by Crippen LogP contribution is -2.60. The number of carbonyl (C=O) groups is 1. The lowest BCUT2D eigenvalue weighted by Gasteiger charge is -2.40. The van der Waals surface area contributed by atoms with Gasteiger partial charge in [-0.2, -0.15) is 0 Å². The summed E-state index contributed by atoms with van der Waals surface area (Å²) < 4.78 is 11.3. The van der Waals surface area contributed by atoms with Crippen molar-refractivity contribution < 1.29 is 39.8 Å². The molecule has 1 amide bonds. The molecule has 440 valence electrons. The minimum Gasteiger partial charge on any atom is -0.394 e. The van der Waals surface area contributed by atoms with Crippen molar-refractivity contribution in [1.29, 1.82) is 0 Å². The van der Waals surface area contributed by atoms with Gasteiger partial charge in [0, 0.05) is 6.42 Å². The van der Waals surface area contributed by atoms with Crippen LogP contribution in [0, 0.1) is 0 Å². The molecule has 76 heavy (non-hydrogen) atoms. The molecular formula is C67H119NO8. The van der Waals surface area contributed by atoms with Crippen LogP contribution < -0.4 is 5.32 Å². The topological polar surface area (TPSA) is 149 Å². The molecular weight excluding hydrogens is 947 g/mol. The van der Waals surface area contributed by atoms with E-state index in [2.05, 4.69) is 92.1 Å². The number of unbranched alkanes of at least 4 members (excludes halogenated alkanes) is 32. The van der Waals surface area contributed by atoms with Crippen molar-refractivity contribution >= 4 is 5.91 Å². The molecule has 7 atom stereocenters. The van der Waals surface area contributed by atoms with E-state index in [1.807, 2.05) is 6.08 Å². The Kier molecular flexibility index (Phi) is 52.3. The third-order valence-corrected chi connectivity index (χ3v) is 14.7. The number of ether oxygens (including phenoxy) is 2. The number of carbonyl (C=O) groups excluding carboxylic acids is 1. The fraction of sp³-hybridized carbons (Fsp3) is 0.776. The van der Waals surface area contributed by atoms with E-state index in [0.717, 1.165) is 83.5 Å². The van der Waals surface area contributed by atoms with E-state index in [-0.39, 0.29) is 12.5 Å². The molecule has 0 radical (unpaired) electrons. The number of allylic oxidation sites excluding steroid dienone is 13. The molecule has 7 unspecified atom stereocenters. The van der Waals surface area contributed by atoms with E-state index in [4.69, 9.17) is 9.47 Å². The monoisotopic (exact) mass is 1070 g/mol. The van der Waals surface area contributed by atoms with Crippen LogP contribution in [0.1, 0.15) is 277 Å². The Labute approximate surface area is 467 Å². The summed E-state index contributed by atoms with van der Waals surface area (Å²) in [5.41, 5.74) is 0. The molecule has 0 aromatic carbocycles. The Bertz CT molecular complexity index is 1470. The van der Waals surface area contributed by atoms with Gasteiger partial charge >= 0.3 is 0 Å². The first-order chi connectivity index (χ1) is 37.3. The molecule has 1 fully saturated rings. The summed E-state index contributed by atoms with van der Waals surface area (Å²) in [6.45, 7) is 3.67. The average molecular weight is 1070 g/mol. The van der Waals surface area contributed by atoms with Crippen LogP contribution in [0.15, 0.2) is 85.1 Å². The van der Waals surface area contributed by atoms with Gasteiger partial charge in [-0.05, 0) is 77.0 Å². The van der Waals surface area contributed by atoms with E-state index in [1.165, 1.54) is 173 Å².